The van der Waals surface area contributed by atoms with Crippen LogP contribution >= 0.6 is 23.2 Å². The summed E-state index contributed by atoms with van der Waals surface area (Å²) in [7, 11) is 1.33. The predicted octanol–water partition coefficient (Wildman–Crippen LogP) is 8.15. The number of nitrogens with zero attached hydrogens (tertiary/aromatic N) is 1. The lowest BCUT2D eigenvalue weighted by atomic mass is 10.0. The highest BCUT2D eigenvalue weighted by atomic mass is 35.5. The first-order valence-corrected chi connectivity index (χ1v) is 13.3. The molecule has 2 N–H and O–H groups in total. The van der Waals surface area contributed by atoms with Crippen molar-refractivity contribution in [3.05, 3.63) is 117 Å². The number of hydrogen-bond acceptors (Lipinski definition) is 5. The molecule has 0 radical (unpaired) electrons. The van der Waals surface area contributed by atoms with E-state index in [1.54, 1.807) is 12.1 Å². The number of benzene rings is 4. The predicted molar refractivity (Wildman–Crippen MR) is 158 cm³/mol. The molecule has 5 aromatic rings. The normalized spacial score (nSPS) is 11.6. The van der Waals surface area contributed by atoms with Gasteiger partial charge in [0.1, 0.15) is 5.69 Å². The van der Waals surface area contributed by atoms with E-state index < -0.39 is 23.6 Å². The number of ether oxygens (including phenoxy) is 2. The van der Waals surface area contributed by atoms with Crippen LogP contribution < -0.4 is 14.9 Å². The number of hydrazone groups is 1. The summed E-state index contributed by atoms with van der Waals surface area (Å²) in [5.74, 6) is -1.44. The summed E-state index contributed by atoms with van der Waals surface area (Å²) in [4.78, 5) is 28.8. The average molecular weight is 626 g/mol. The van der Waals surface area contributed by atoms with Gasteiger partial charge in [-0.15, -0.1) is 0 Å². The largest absolute Gasteiger partial charge is 0.493 e. The minimum atomic E-state index is -4.61. The molecule has 0 unspecified atom stereocenters. The quantitative estimate of drug-likeness (QED) is 0.0826. The van der Waals surface area contributed by atoms with Crippen LogP contribution in [0.5, 0.6) is 11.5 Å². The van der Waals surface area contributed by atoms with E-state index in [1.807, 2.05) is 30.3 Å². The Morgan fingerprint density at radius 2 is 1.70 bits per heavy atom. The minimum Gasteiger partial charge on any atom is -0.493 e. The third-order valence-electron chi connectivity index (χ3n) is 6.31. The third-order valence-corrected chi connectivity index (χ3v) is 6.83. The Kier molecular flexibility index (Phi) is 8.43. The van der Waals surface area contributed by atoms with Gasteiger partial charge in [-0.05, 0) is 59.7 Å². The summed E-state index contributed by atoms with van der Waals surface area (Å²) in [6, 6.07) is 20.8. The van der Waals surface area contributed by atoms with Crippen LogP contribution in [-0.2, 0) is 6.18 Å². The van der Waals surface area contributed by atoms with Crippen LogP contribution in [0, 0.1) is 0 Å². The van der Waals surface area contributed by atoms with Gasteiger partial charge in [0.25, 0.3) is 5.91 Å². The Hall–Kier alpha value is -4.80. The van der Waals surface area contributed by atoms with Crippen molar-refractivity contribution in [3.63, 3.8) is 0 Å². The van der Waals surface area contributed by atoms with Gasteiger partial charge in [0.05, 0.1) is 35.0 Å². The van der Waals surface area contributed by atoms with Gasteiger partial charge in [-0.25, -0.2) is 10.2 Å². The van der Waals surface area contributed by atoms with Crippen LogP contribution in [0.2, 0.25) is 10.0 Å². The molecule has 0 aliphatic heterocycles. The summed E-state index contributed by atoms with van der Waals surface area (Å²) in [6.07, 6.45) is -3.27. The minimum absolute atomic E-state index is 0.0211. The molecule has 0 fully saturated rings. The summed E-state index contributed by atoms with van der Waals surface area (Å²) in [5.41, 5.74) is 3.82. The maximum absolute atomic E-state index is 13.2. The molecule has 0 aliphatic carbocycles. The zero-order chi connectivity index (χ0) is 30.7. The fraction of sp³-hybridized carbons (Fsp3) is 0.0645. The molecule has 5 rings (SSSR count). The van der Waals surface area contributed by atoms with Crippen molar-refractivity contribution >= 4 is 52.2 Å². The molecular formula is C31H20Cl2F3N3O4. The molecule has 4 aromatic carbocycles. The zero-order valence-electron chi connectivity index (χ0n) is 22.1. The zero-order valence-corrected chi connectivity index (χ0v) is 23.6. The number of nitrogens with one attached hydrogen (secondary N) is 2. The SMILES string of the molecule is COc1cc(C=NNC(=O)c2[nH]c3c(Cl)cc(Cl)cc3c2-c2ccccc2)ccc1OC(=O)c1cccc(C(F)(F)F)c1. The highest BCUT2D eigenvalue weighted by Crippen LogP contribution is 2.38. The van der Waals surface area contributed by atoms with Gasteiger partial charge < -0.3 is 14.5 Å². The van der Waals surface area contributed by atoms with Crippen LogP contribution in [-0.4, -0.2) is 30.2 Å². The van der Waals surface area contributed by atoms with Crippen LogP contribution in [0.3, 0.4) is 0 Å². The van der Waals surface area contributed by atoms with Crippen molar-refractivity contribution in [1.82, 2.24) is 10.4 Å². The summed E-state index contributed by atoms with van der Waals surface area (Å²) in [6.45, 7) is 0. The first kappa shape index (κ1) is 29.7. The number of H-pyrrole nitrogens is 1. The topological polar surface area (TPSA) is 92.8 Å². The lowest BCUT2D eigenvalue weighted by Crippen LogP contribution is -2.18. The second-order valence-corrected chi connectivity index (χ2v) is 9.97. The van der Waals surface area contributed by atoms with Crippen molar-refractivity contribution in [2.45, 2.75) is 6.18 Å². The average Bonchev–Trinajstić information content (AvgIpc) is 3.37. The van der Waals surface area contributed by atoms with Crippen LogP contribution in [0.4, 0.5) is 13.2 Å². The van der Waals surface area contributed by atoms with E-state index >= 15 is 0 Å². The first-order chi connectivity index (χ1) is 20.5. The highest BCUT2D eigenvalue weighted by Gasteiger charge is 2.31. The van der Waals surface area contributed by atoms with E-state index in [4.69, 9.17) is 32.7 Å². The van der Waals surface area contributed by atoms with Crippen LogP contribution in [0.25, 0.3) is 22.0 Å². The molecule has 12 heteroatoms. The Bertz CT molecular complexity index is 1870. The van der Waals surface area contributed by atoms with Crippen molar-refractivity contribution in [1.29, 1.82) is 0 Å². The Morgan fingerprint density at radius 1 is 0.930 bits per heavy atom. The molecule has 1 amide bonds. The van der Waals surface area contributed by atoms with Crippen molar-refractivity contribution < 1.29 is 32.2 Å². The van der Waals surface area contributed by atoms with Gasteiger partial charge in [-0.1, -0.05) is 59.6 Å². The van der Waals surface area contributed by atoms with Gasteiger partial charge in [0.15, 0.2) is 11.5 Å². The number of halogens is 5. The molecule has 7 nitrogen and oxygen atoms in total. The number of fused-ring (bicyclic) bond motifs is 1. The fourth-order valence-corrected chi connectivity index (χ4v) is 4.89. The third kappa shape index (κ3) is 6.50. The number of aromatic amines is 1. The molecule has 1 heterocycles. The van der Waals surface area contributed by atoms with Crippen molar-refractivity contribution in [2.24, 2.45) is 5.10 Å². The molecular weight excluding hydrogens is 606 g/mol. The smallest absolute Gasteiger partial charge is 0.416 e. The van der Waals surface area contributed by atoms with Crippen LogP contribution in [0.15, 0.2) is 90.0 Å². The number of alkyl halides is 3. The molecule has 0 atom stereocenters. The van der Waals surface area contributed by atoms with E-state index in [0.717, 1.165) is 17.7 Å². The molecule has 43 heavy (non-hydrogen) atoms. The number of carbonyl (C=O) groups excluding carboxylic acids is 2. The number of amides is 1. The number of hydrogen-bond donors (Lipinski definition) is 2. The summed E-state index contributed by atoms with van der Waals surface area (Å²) in [5, 5.41) is 5.46. The number of carbonyl (C=O) groups is 2. The molecule has 0 spiro atoms. The van der Waals surface area contributed by atoms with E-state index in [1.165, 1.54) is 37.6 Å². The van der Waals surface area contributed by atoms with E-state index in [2.05, 4.69) is 15.5 Å². The second kappa shape index (κ2) is 12.2. The van der Waals surface area contributed by atoms with Crippen molar-refractivity contribution in [3.8, 4) is 22.6 Å². The molecule has 0 saturated carbocycles. The molecule has 1 aromatic heterocycles. The van der Waals surface area contributed by atoms with Crippen molar-refractivity contribution in [2.75, 3.05) is 7.11 Å². The molecule has 0 aliphatic rings. The Morgan fingerprint density at radius 3 is 2.42 bits per heavy atom. The van der Waals surface area contributed by atoms with E-state index in [-0.39, 0.29) is 22.8 Å². The Labute approximate surface area is 252 Å². The first-order valence-electron chi connectivity index (χ1n) is 12.5. The molecule has 0 bridgehead atoms. The number of rotatable bonds is 7. The maximum atomic E-state index is 13.2. The highest BCUT2D eigenvalue weighted by molar-refractivity contribution is 6.39. The summed E-state index contributed by atoms with van der Waals surface area (Å²) < 4.78 is 49.6. The Balaban J connectivity index is 1.35. The standard InChI is InChI=1S/C31H20Cl2F3N3O4/c1-42-25-12-17(10-11-24(25)43-30(41)19-8-5-9-20(13-19)31(34,35)36)16-37-39-29(40)28-26(18-6-3-2-4-7-18)22-14-21(32)15-23(33)27(22)38-28/h2-16,38H,1H3,(H,39,40). The number of aromatic nitrogens is 1. The molecule has 218 valence electrons. The summed E-state index contributed by atoms with van der Waals surface area (Å²) >= 11 is 12.6. The van der Waals surface area contributed by atoms with Gasteiger partial charge in [0, 0.05) is 16.0 Å². The monoisotopic (exact) mass is 625 g/mol. The van der Waals surface area contributed by atoms with Gasteiger partial charge in [0.2, 0.25) is 0 Å². The lowest BCUT2D eigenvalue weighted by molar-refractivity contribution is -0.137. The number of methoxy groups -OCH3 is 1. The lowest BCUT2D eigenvalue weighted by Gasteiger charge is -2.11. The van der Waals surface area contributed by atoms with Crippen LogP contribution in [0.1, 0.15) is 32.0 Å². The van der Waals surface area contributed by atoms with E-state index in [9.17, 15) is 22.8 Å². The fourth-order valence-electron chi connectivity index (χ4n) is 4.35. The van der Waals surface area contributed by atoms with Gasteiger partial charge >= 0.3 is 12.1 Å². The molecule has 0 saturated heterocycles. The van der Waals surface area contributed by atoms with Gasteiger partial charge in [-0.3, -0.25) is 4.79 Å². The maximum Gasteiger partial charge on any atom is 0.416 e. The number of esters is 1. The van der Waals surface area contributed by atoms with Gasteiger partial charge in [-0.2, -0.15) is 18.3 Å². The second-order valence-electron chi connectivity index (χ2n) is 9.13. The van der Waals surface area contributed by atoms with E-state index in [0.29, 0.717) is 38.1 Å².